The van der Waals surface area contributed by atoms with E-state index < -0.39 is 40.5 Å². The summed E-state index contributed by atoms with van der Waals surface area (Å²) in [5.74, 6) is 2.29. The minimum atomic E-state index is -2.34. The first-order chi connectivity index (χ1) is 23.8. The van der Waals surface area contributed by atoms with Crippen LogP contribution in [0.3, 0.4) is 0 Å². The van der Waals surface area contributed by atoms with Crippen molar-refractivity contribution in [1.29, 1.82) is 0 Å². The Morgan fingerprint density at radius 3 is 1.98 bits per heavy atom. The number of ether oxygens (including phenoxy) is 1. The zero-order chi connectivity index (χ0) is 37.4. The van der Waals surface area contributed by atoms with Crippen LogP contribution in [0.2, 0.25) is 36.3 Å². The van der Waals surface area contributed by atoms with E-state index in [1.165, 1.54) is 0 Å². The van der Waals surface area contributed by atoms with Gasteiger partial charge in [-0.05, 0) is 60.5 Å². The van der Waals surface area contributed by atoms with E-state index in [0.29, 0.717) is 28.7 Å². The molecule has 0 unspecified atom stereocenters. The Morgan fingerprint density at radius 1 is 0.902 bits per heavy atom. The molecule has 0 saturated carbocycles. The molecule has 5 rings (SSSR count). The highest BCUT2D eigenvalue weighted by molar-refractivity contribution is 6.74. The molecule has 1 aliphatic heterocycles. The van der Waals surface area contributed by atoms with Gasteiger partial charge in [0, 0.05) is 17.5 Å². The summed E-state index contributed by atoms with van der Waals surface area (Å²) < 4.78 is 22.4. The number of terminal acetylenes is 1. The van der Waals surface area contributed by atoms with E-state index in [-0.39, 0.29) is 34.4 Å². The number of benzene rings is 2. The lowest BCUT2D eigenvalue weighted by molar-refractivity contribution is -0.0838. The van der Waals surface area contributed by atoms with E-state index in [0.717, 1.165) is 0 Å². The van der Waals surface area contributed by atoms with Gasteiger partial charge in [0.25, 0.3) is 11.8 Å². The van der Waals surface area contributed by atoms with Crippen LogP contribution in [0.15, 0.2) is 67.0 Å². The smallest absolute Gasteiger partial charge is 0.258 e. The lowest BCUT2D eigenvalue weighted by Gasteiger charge is -2.43. The molecule has 3 atom stereocenters. The van der Waals surface area contributed by atoms with Gasteiger partial charge in [0.05, 0.1) is 19.0 Å². The molecule has 0 spiro atoms. The third-order valence-electron chi connectivity index (χ3n) is 10.5. The Kier molecular flexibility index (Phi) is 10.5. The van der Waals surface area contributed by atoms with Gasteiger partial charge in [0.15, 0.2) is 39.2 Å². The molecule has 2 N–H and O–H groups in total. The van der Waals surface area contributed by atoms with Gasteiger partial charge in [-0.1, -0.05) is 83.9 Å². The third kappa shape index (κ3) is 8.00. The maximum atomic E-state index is 13.3. The molecule has 2 aromatic heterocycles. The second-order valence-electron chi connectivity index (χ2n) is 16.1. The largest absolute Gasteiger partial charge is 0.413 e. The number of carbonyl (C=O) groups excluding carboxylic acids is 2. The van der Waals surface area contributed by atoms with Gasteiger partial charge in [-0.2, -0.15) is 9.97 Å². The Morgan fingerprint density at radius 2 is 1.45 bits per heavy atom. The summed E-state index contributed by atoms with van der Waals surface area (Å²) in [6.07, 6.45) is 7.21. The molecule has 1 aliphatic rings. The van der Waals surface area contributed by atoms with Crippen molar-refractivity contribution in [3.8, 4) is 12.3 Å². The zero-order valence-corrected chi connectivity index (χ0v) is 33.3. The number of carbonyl (C=O) groups is 2. The Hall–Kier alpha value is -4.20. The number of hydrogen-bond donors (Lipinski definition) is 2. The summed E-state index contributed by atoms with van der Waals surface area (Å²) in [5.41, 5.74) is 0.316. The number of imidazole rings is 1. The van der Waals surface area contributed by atoms with Crippen LogP contribution in [0.4, 0.5) is 11.8 Å². The van der Waals surface area contributed by atoms with Crippen LogP contribution in [0.1, 0.15) is 74.9 Å². The SMILES string of the molecule is C#C[C@]1(CO[Si](C)(C)C(C)(C)C)O[C@@H](n2cnc3c(NC(=O)c4ccccc4)nc(NC(=O)c4ccccc4)nc32)C[C@@H]1O[Si](C)(C)C(C)(C)C. The molecule has 2 aromatic carbocycles. The number of aromatic nitrogens is 4. The quantitative estimate of drug-likeness (QED) is 0.124. The number of amides is 2. The van der Waals surface area contributed by atoms with Crippen LogP contribution in [-0.2, 0) is 13.6 Å². The first kappa shape index (κ1) is 38.0. The van der Waals surface area contributed by atoms with Gasteiger partial charge < -0.3 is 18.9 Å². The highest BCUT2D eigenvalue weighted by Crippen LogP contribution is 2.46. The lowest BCUT2D eigenvalue weighted by Crippen LogP contribution is -2.54. The van der Waals surface area contributed by atoms with Crippen LogP contribution < -0.4 is 10.6 Å². The fourth-order valence-corrected chi connectivity index (χ4v) is 7.55. The Balaban J connectivity index is 1.57. The summed E-state index contributed by atoms with van der Waals surface area (Å²) in [4.78, 5) is 40.4. The maximum Gasteiger partial charge on any atom is 0.258 e. The highest BCUT2D eigenvalue weighted by Gasteiger charge is 2.54. The van der Waals surface area contributed by atoms with Gasteiger partial charge in [-0.25, -0.2) is 4.98 Å². The molecule has 0 radical (unpaired) electrons. The van der Waals surface area contributed by atoms with E-state index >= 15 is 0 Å². The second kappa shape index (κ2) is 14.1. The molecule has 3 heterocycles. The van der Waals surface area contributed by atoms with Crippen LogP contribution in [-0.4, -0.2) is 66.3 Å². The number of hydrogen-bond acceptors (Lipinski definition) is 8. The van der Waals surface area contributed by atoms with Gasteiger partial charge >= 0.3 is 0 Å². The molecular formula is C38H50N6O5Si2. The van der Waals surface area contributed by atoms with Gasteiger partial charge in [-0.15, -0.1) is 6.42 Å². The number of anilines is 2. The van der Waals surface area contributed by atoms with E-state index in [4.69, 9.17) is 25.0 Å². The summed E-state index contributed by atoms with van der Waals surface area (Å²) in [6, 6.07) is 17.5. The van der Waals surface area contributed by atoms with Crippen LogP contribution in [0, 0.1) is 12.3 Å². The van der Waals surface area contributed by atoms with Crippen LogP contribution in [0.25, 0.3) is 11.2 Å². The number of nitrogens with one attached hydrogen (secondary N) is 2. The second-order valence-corrected chi connectivity index (χ2v) is 25.7. The van der Waals surface area contributed by atoms with Crippen molar-refractivity contribution in [2.45, 2.75) is 102 Å². The number of nitrogens with zero attached hydrogens (tertiary/aromatic N) is 4. The van der Waals surface area contributed by atoms with E-state index in [1.807, 2.05) is 12.1 Å². The van der Waals surface area contributed by atoms with Crippen molar-refractivity contribution in [1.82, 2.24) is 19.5 Å². The predicted octanol–water partition coefficient (Wildman–Crippen LogP) is 8.03. The van der Waals surface area contributed by atoms with Crippen molar-refractivity contribution in [3.05, 3.63) is 78.1 Å². The van der Waals surface area contributed by atoms with E-state index in [2.05, 4.69) is 94.3 Å². The first-order valence-corrected chi connectivity index (χ1v) is 23.0. The molecule has 2 amide bonds. The molecule has 1 saturated heterocycles. The molecule has 0 aliphatic carbocycles. The van der Waals surface area contributed by atoms with Crippen molar-refractivity contribution in [3.63, 3.8) is 0 Å². The van der Waals surface area contributed by atoms with Gasteiger partial charge in [-0.3, -0.25) is 19.5 Å². The van der Waals surface area contributed by atoms with E-state index in [9.17, 15) is 9.59 Å². The van der Waals surface area contributed by atoms with Gasteiger partial charge in [0.1, 0.15) is 6.23 Å². The van der Waals surface area contributed by atoms with E-state index in [1.54, 1.807) is 59.4 Å². The summed E-state index contributed by atoms with van der Waals surface area (Å²) in [6.45, 7) is 22.0. The molecule has 13 heteroatoms. The van der Waals surface area contributed by atoms with Gasteiger partial charge in [0.2, 0.25) is 5.95 Å². The molecule has 51 heavy (non-hydrogen) atoms. The minimum Gasteiger partial charge on any atom is -0.413 e. The molecule has 11 nitrogen and oxygen atoms in total. The number of fused-ring (bicyclic) bond motifs is 1. The average Bonchev–Trinajstić information content (AvgIpc) is 3.65. The Labute approximate surface area is 303 Å². The fraction of sp³-hybridized carbons (Fsp3) is 0.447. The maximum absolute atomic E-state index is 13.3. The molecule has 1 fully saturated rings. The summed E-state index contributed by atoms with van der Waals surface area (Å²) in [5, 5.41) is 5.52. The fourth-order valence-electron chi connectivity index (χ4n) is 5.19. The normalized spacial score (nSPS) is 19.9. The Bertz CT molecular complexity index is 1930. The van der Waals surface area contributed by atoms with Crippen LogP contribution >= 0.6 is 0 Å². The predicted molar refractivity (Wildman–Crippen MR) is 206 cm³/mol. The standard InChI is InChI=1S/C38H50N6O5Si2/c1-12-38(24-47-50(8,9)36(2,3)4)28(49-51(10,11)37(5,6)7)23-29(48-38)44-25-39-30-31(40-33(45)26-19-15-13-16-20-26)41-35(42-32(30)44)43-34(46)27-21-17-14-18-22-27/h1,13-22,25,28-29H,23-24H2,2-11H3,(H2,40,41,42,43,45,46)/t28-,29+,38+/m0/s1. The monoisotopic (exact) mass is 726 g/mol. The average molecular weight is 727 g/mol. The molecule has 4 aromatic rings. The summed E-state index contributed by atoms with van der Waals surface area (Å²) in [7, 11) is -4.57. The highest BCUT2D eigenvalue weighted by atomic mass is 28.4. The number of rotatable bonds is 10. The molecule has 270 valence electrons. The van der Waals surface area contributed by atoms with Crippen molar-refractivity contribution >= 4 is 51.4 Å². The summed E-state index contributed by atoms with van der Waals surface area (Å²) >= 11 is 0. The zero-order valence-electron chi connectivity index (χ0n) is 31.3. The van der Waals surface area contributed by atoms with Crippen molar-refractivity contribution in [2.24, 2.45) is 0 Å². The molecular weight excluding hydrogens is 677 g/mol. The lowest BCUT2D eigenvalue weighted by atomic mass is 9.99. The van der Waals surface area contributed by atoms with Crippen LogP contribution in [0.5, 0.6) is 0 Å². The third-order valence-corrected chi connectivity index (χ3v) is 19.4. The minimum absolute atomic E-state index is 0.0157. The molecule has 0 bridgehead atoms. The first-order valence-electron chi connectivity index (χ1n) is 17.2. The topological polar surface area (TPSA) is 129 Å². The van der Waals surface area contributed by atoms with Crippen molar-refractivity contribution in [2.75, 3.05) is 17.2 Å². The van der Waals surface area contributed by atoms with Crippen molar-refractivity contribution < 1.29 is 23.2 Å².